The summed E-state index contributed by atoms with van der Waals surface area (Å²) in [5.74, 6) is 0.706. The van der Waals surface area contributed by atoms with Crippen molar-refractivity contribution in [2.45, 2.75) is 37.8 Å². The Bertz CT molecular complexity index is 1250. The number of aromatic nitrogens is 5. The Hall–Kier alpha value is -3.10. The number of hydrogen-bond acceptors (Lipinski definition) is 7. The molecular weight excluding hydrogens is 412 g/mol. The van der Waals surface area contributed by atoms with Crippen LogP contribution < -0.4 is 5.32 Å². The second-order valence-electron chi connectivity index (χ2n) is 9.39. The average molecular weight is 443 g/mol. The van der Waals surface area contributed by atoms with Crippen LogP contribution in [-0.2, 0) is 0 Å². The molecule has 170 valence electrons. The highest BCUT2D eigenvalue weighted by Gasteiger charge is 2.28. The smallest absolute Gasteiger partial charge is 0.241 e. The second-order valence-corrected chi connectivity index (χ2v) is 9.39. The van der Waals surface area contributed by atoms with Gasteiger partial charge in [0, 0.05) is 62.4 Å². The molecule has 8 nitrogen and oxygen atoms in total. The molecule has 1 saturated heterocycles. The number of hydrogen-bond donors (Lipinski definition) is 1. The Labute approximate surface area is 193 Å². The predicted molar refractivity (Wildman–Crippen MR) is 130 cm³/mol. The van der Waals surface area contributed by atoms with Gasteiger partial charge >= 0.3 is 0 Å². The van der Waals surface area contributed by atoms with E-state index in [2.05, 4.69) is 55.3 Å². The fourth-order valence-electron chi connectivity index (χ4n) is 5.30. The van der Waals surface area contributed by atoms with E-state index < -0.39 is 0 Å². The van der Waals surface area contributed by atoms with E-state index in [-0.39, 0.29) is 0 Å². The van der Waals surface area contributed by atoms with Gasteiger partial charge in [-0.1, -0.05) is 6.07 Å². The summed E-state index contributed by atoms with van der Waals surface area (Å²) in [4.78, 5) is 18.6. The van der Waals surface area contributed by atoms with Gasteiger partial charge in [0.15, 0.2) is 0 Å². The van der Waals surface area contributed by atoms with Crippen molar-refractivity contribution < 1.29 is 0 Å². The Morgan fingerprint density at radius 3 is 2.48 bits per heavy atom. The molecule has 2 aliphatic rings. The molecule has 3 aromatic heterocycles. The van der Waals surface area contributed by atoms with Crippen molar-refractivity contribution in [3.8, 4) is 11.1 Å². The van der Waals surface area contributed by atoms with Gasteiger partial charge in [0.2, 0.25) is 5.95 Å². The van der Waals surface area contributed by atoms with Crippen molar-refractivity contribution >= 4 is 22.5 Å². The Morgan fingerprint density at radius 1 is 0.879 bits per heavy atom. The van der Waals surface area contributed by atoms with E-state index in [1.807, 2.05) is 23.0 Å². The van der Waals surface area contributed by atoms with Crippen LogP contribution in [0.15, 0.2) is 49.1 Å². The van der Waals surface area contributed by atoms with Crippen LogP contribution in [0.2, 0.25) is 0 Å². The molecule has 0 radical (unpaired) electrons. The fraction of sp³-hybridized carbons (Fsp3) is 0.440. The van der Waals surface area contributed by atoms with E-state index >= 15 is 0 Å². The van der Waals surface area contributed by atoms with Crippen LogP contribution in [0.25, 0.3) is 27.7 Å². The Balaban J connectivity index is 1.13. The number of rotatable bonds is 4. The maximum absolute atomic E-state index is 4.75. The zero-order chi connectivity index (χ0) is 22.2. The molecule has 0 atom stereocenters. The van der Waals surface area contributed by atoms with Crippen molar-refractivity contribution in [1.82, 2.24) is 34.4 Å². The lowest BCUT2D eigenvalue weighted by atomic mass is 9.90. The van der Waals surface area contributed by atoms with Crippen LogP contribution in [0.1, 0.15) is 25.7 Å². The molecule has 1 N–H and O–H groups in total. The highest BCUT2D eigenvalue weighted by Crippen LogP contribution is 2.28. The Kier molecular flexibility index (Phi) is 5.39. The number of fused-ring (bicyclic) bond motifs is 2. The van der Waals surface area contributed by atoms with Crippen LogP contribution in [0, 0.1) is 0 Å². The second kappa shape index (κ2) is 8.68. The Morgan fingerprint density at radius 2 is 1.67 bits per heavy atom. The number of piperazine rings is 1. The van der Waals surface area contributed by atoms with Gasteiger partial charge in [0.1, 0.15) is 0 Å². The molecule has 0 bridgehead atoms. The minimum absolute atomic E-state index is 0.445. The van der Waals surface area contributed by atoms with E-state index in [4.69, 9.17) is 5.10 Å². The van der Waals surface area contributed by atoms with Crippen LogP contribution in [0.4, 0.5) is 5.95 Å². The third-order valence-electron chi connectivity index (χ3n) is 7.28. The van der Waals surface area contributed by atoms with Crippen molar-refractivity contribution in [3.63, 3.8) is 0 Å². The summed E-state index contributed by atoms with van der Waals surface area (Å²) in [5.41, 5.74) is 4.97. The average Bonchev–Trinajstić information content (AvgIpc) is 3.28. The molecule has 0 unspecified atom stereocenters. The van der Waals surface area contributed by atoms with Gasteiger partial charge in [-0.2, -0.15) is 0 Å². The van der Waals surface area contributed by atoms with Crippen LogP contribution >= 0.6 is 0 Å². The molecule has 4 heterocycles. The number of nitrogens with one attached hydrogen (secondary N) is 1. The summed E-state index contributed by atoms with van der Waals surface area (Å²) < 4.78 is 1.92. The van der Waals surface area contributed by atoms with E-state index in [0.29, 0.717) is 12.0 Å². The number of likely N-dealkylation sites (N-methyl/N-ethyl adjacent to an activating group) is 1. The third-order valence-corrected chi connectivity index (χ3v) is 7.28. The first-order valence-corrected chi connectivity index (χ1v) is 12.0. The van der Waals surface area contributed by atoms with Crippen LogP contribution in [0.5, 0.6) is 0 Å². The minimum atomic E-state index is 0.445. The number of nitrogens with zero attached hydrogens (tertiary/aromatic N) is 7. The summed E-state index contributed by atoms with van der Waals surface area (Å²) in [6.07, 6.45) is 12.2. The fourth-order valence-corrected chi connectivity index (χ4v) is 5.30. The van der Waals surface area contributed by atoms with E-state index in [1.54, 1.807) is 12.4 Å². The summed E-state index contributed by atoms with van der Waals surface area (Å²) >= 11 is 0. The zero-order valence-corrected chi connectivity index (χ0v) is 19.1. The normalized spacial score (nSPS) is 22.7. The van der Waals surface area contributed by atoms with E-state index in [0.717, 1.165) is 33.7 Å². The molecule has 0 amide bonds. The molecule has 2 fully saturated rings. The standard InChI is InChI=1S/C25H30N8/c1-31-12-14-32(15-13-31)20-5-3-19(4-6-20)29-25-28-17-24-21(8-11-33(24)30-25)18-2-7-22-23(16-18)27-10-9-26-22/h2,7-11,16-17,19-20H,3-6,12-15H2,1H3,(H,29,30)/t19-,20+. The highest BCUT2D eigenvalue weighted by molar-refractivity contribution is 5.86. The summed E-state index contributed by atoms with van der Waals surface area (Å²) in [6, 6.07) is 9.43. The SMILES string of the molecule is CN1CCN([C@H]2CC[C@@H](Nc3ncc4c(-c5ccc6nccnc6c5)ccn4n3)CC2)CC1. The quantitative estimate of drug-likeness (QED) is 0.520. The molecular formula is C25H30N8. The van der Waals surface area contributed by atoms with Crippen molar-refractivity contribution in [1.29, 1.82) is 0 Å². The summed E-state index contributed by atoms with van der Waals surface area (Å²) in [5, 5.41) is 8.33. The summed E-state index contributed by atoms with van der Waals surface area (Å²) in [6.45, 7) is 4.80. The van der Waals surface area contributed by atoms with Gasteiger partial charge in [-0.25, -0.2) is 9.50 Å². The summed E-state index contributed by atoms with van der Waals surface area (Å²) in [7, 11) is 2.22. The molecule has 4 aromatic rings. The molecule has 1 saturated carbocycles. The monoisotopic (exact) mass is 442 g/mol. The molecule has 6 rings (SSSR count). The largest absolute Gasteiger partial charge is 0.350 e. The molecule has 0 spiro atoms. The number of benzene rings is 1. The maximum atomic E-state index is 4.75. The van der Waals surface area contributed by atoms with Crippen LogP contribution in [-0.4, -0.2) is 79.7 Å². The minimum Gasteiger partial charge on any atom is -0.350 e. The van der Waals surface area contributed by atoms with Crippen LogP contribution in [0.3, 0.4) is 0 Å². The maximum Gasteiger partial charge on any atom is 0.241 e. The third kappa shape index (κ3) is 4.16. The molecule has 1 aromatic carbocycles. The molecule has 8 heteroatoms. The molecule has 1 aliphatic carbocycles. The van der Waals surface area contributed by atoms with Gasteiger partial charge in [-0.15, -0.1) is 5.10 Å². The van der Waals surface area contributed by atoms with E-state index in [1.165, 1.54) is 51.9 Å². The topological polar surface area (TPSA) is 74.5 Å². The first-order chi connectivity index (χ1) is 16.2. The van der Waals surface area contributed by atoms with Gasteiger partial charge in [0.05, 0.1) is 22.7 Å². The van der Waals surface area contributed by atoms with Gasteiger partial charge in [-0.05, 0) is 56.5 Å². The van der Waals surface area contributed by atoms with E-state index in [9.17, 15) is 0 Å². The van der Waals surface area contributed by atoms with Gasteiger partial charge < -0.3 is 10.2 Å². The van der Waals surface area contributed by atoms with Gasteiger partial charge in [-0.3, -0.25) is 14.9 Å². The van der Waals surface area contributed by atoms with Crippen molar-refractivity contribution in [3.05, 3.63) is 49.1 Å². The first kappa shape index (κ1) is 20.5. The van der Waals surface area contributed by atoms with Gasteiger partial charge in [0.25, 0.3) is 0 Å². The molecule has 33 heavy (non-hydrogen) atoms. The lowest BCUT2D eigenvalue weighted by Gasteiger charge is -2.41. The lowest BCUT2D eigenvalue weighted by Crippen LogP contribution is -2.50. The lowest BCUT2D eigenvalue weighted by molar-refractivity contribution is 0.0893. The predicted octanol–water partition coefficient (Wildman–Crippen LogP) is 3.31. The zero-order valence-electron chi connectivity index (χ0n) is 19.1. The first-order valence-electron chi connectivity index (χ1n) is 12.0. The van der Waals surface area contributed by atoms with Crippen molar-refractivity contribution in [2.75, 3.05) is 38.5 Å². The number of anilines is 1. The van der Waals surface area contributed by atoms with Crippen molar-refractivity contribution in [2.24, 2.45) is 0 Å². The molecule has 1 aliphatic heterocycles. The highest BCUT2D eigenvalue weighted by atomic mass is 15.3.